The number of nitro benzene ring substituents is 1. The third-order valence-electron chi connectivity index (χ3n) is 3.96. The molecule has 0 spiro atoms. The van der Waals surface area contributed by atoms with Crippen LogP contribution < -0.4 is 4.74 Å². The average molecular weight is 372 g/mol. The zero-order valence-corrected chi connectivity index (χ0v) is 15.7. The van der Waals surface area contributed by atoms with Gasteiger partial charge in [0.25, 0.3) is 5.69 Å². The SMILES string of the molecule is C=CCCCCCSCCOc1ccc(-c2ccc([N+](=O)[O-])cc2)cc1. The maximum absolute atomic E-state index is 10.7. The Morgan fingerprint density at radius 3 is 2.23 bits per heavy atom. The number of nitro groups is 1. The van der Waals surface area contributed by atoms with E-state index in [2.05, 4.69) is 6.58 Å². The van der Waals surface area contributed by atoms with Crippen LogP contribution in [0, 0.1) is 10.1 Å². The van der Waals surface area contributed by atoms with E-state index in [1.165, 1.54) is 37.1 Å². The van der Waals surface area contributed by atoms with Gasteiger partial charge in [-0.25, -0.2) is 0 Å². The molecular weight excluding hydrogens is 346 g/mol. The summed E-state index contributed by atoms with van der Waals surface area (Å²) in [6.07, 6.45) is 6.85. The Morgan fingerprint density at radius 2 is 1.62 bits per heavy atom. The van der Waals surface area contributed by atoms with Gasteiger partial charge in [-0.2, -0.15) is 11.8 Å². The van der Waals surface area contributed by atoms with Crippen molar-refractivity contribution in [2.24, 2.45) is 0 Å². The Hall–Kier alpha value is -2.27. The smallest absolute Gasteiger partial charge is 0.269 e. The van der Waals surface area contributed by atoms with Crippen molar-refractivity contribution in [3.63, 3.8) is 0 Å². The zero-order valence-electron chi connectivity index (χ0n) is 14.9. The number of benzene rings is 2. The third-order valence-corrected chi connectivity index (χ3v) is 4.99. The van der Waals surface area contributed by atoms with Gasteiger partial charge in [0.2, 0.25) is 0 Å². The van der Waals surface area contributed by atoms with Crippen molar-refractivity contribution in [2.75, 3.05) is 18.1 Å². The Labute approximate surface area is 159 Å². The van der Waals surface area contributed by atoms with E-state index >= 15 is 0 Å². The fourth-order valence-electron chi connectivity index (χ4n) is 2.51. The average Bonchev–Trinajstić information content (AvgIpc) is 2.67. The summed E-state index contributed by atoms with van der Waals surface area (Å²) in [6.45, 7) is 4.44. The van der Waals surface area contributed by atoms with Gasteiger partial charge in [0.1, 0.15) is 5.75 Å². The van der Waals surface area contributed by atoms with Crippen molar-refractivity contribution in [1.29, 1.82) is 0 Å². The molecule has 138 valence electrons. The second kappa shape index (κ2) is 11.4. The van der Waals surface area contributed by atoms with Crippen LogP contribution in [0.3, 0.4) is 0 Å². The molecule has 2 rings (SSSR count). The van der Waals surface area contributed by atoms with Crippen LogP contribution in [-0.2, 0) is 0 Å². The molecule has 0 N–H and O–H groups in total. The molecule has 0 atom stereocenters. The van der Waals surface area contributed by atoms with Gasteiger partial charge in [0, 0.05) is 17.9 Å². The summed E-state index contributed by atoms with van der Waals surface area (Å²) in [7, 11) is 0. The molecule has 0 bridgehead atoms. The molecular formula is C21H25NO3S. The van der Waals surface area contributed by atoms with Crippen LogP contribution in [0.5, 0.6) is 5.75 Å². The molecule has 26 heavy (non-hydrogen) atoms. The minimum Gasteiger partial charge on any atom is -0.493 e. The molecule has 0 saturated carbocycles. The molecule has 2 aromatic carbocycles. The molecule has 0 fully saturated rings. The number of ether oxygens (including phenoxy) is 1. The first-order valence-corrected chi connectivity index (χ1v) is 10.0. The molecule has 0 saturated heterocycles. The lowest BCUT2D eigenvalue weighted by atomic mass is 10.1. The maximum Gasteiger partial charge on any atom is 0.269 e. The lowest BCUT2D eigenvalue weighted by molar-refractivity contribution is -0.384. The van der Waals surface area contributed by atoms with E-state index in [1.54, 1.807) is 12.1 Å². The molecule has 0 aliphatic heterocycles. The molecule has 5 heteroatoms. The predicted molar refractivity (Wildman–Crippen MR) is 110 cm³/mol. The summed E-state index contributed by atoms with van der Waals surface area (Å²) in [6, 6.07) is 14.4. The standard InChI is InChI=1S/C21H25NO3S/c1-2-3-4-5-6-16-26-17-15-25-21-13-9-19(10-14-21)18-7-11-20(12-8-18)22(23)24/h2,7-14H,1,3-6,15-17H2. The number of rotatable bonds is 12. The van der Waals surface area contributed by atoms with Gasteiger partial charge in [0.05, 0.1) is 11.5 Å². The highest BCUT2D eigenvalue weighted by Gasteiger charge is 2.05. The first kappa shape index (κ1) is 20.0. The minimum atomic E-state index is -0.389. The number of non-ortho nitro benzene ring substituents is 1. The summed E-state index contributed by atoms with van der Waals surface area (Å²) >= 11 is 1.93. The summed E-state index contributed by atoms with van der Waals surface area (Å²) in [5.41, 5.74) is 2.07. The van der Waals surface area contributed by atoms with Crippen LogP contribution in [0.1, 0.15) is 25.7 Å². The van der Waals surface area contributed by atoms with Crippen molar-refractivity contribution in [3.05, 3.63) is 71.3 Å². The summed E-state index contributed by atoms with van der Waals surface area (Å²) < 4.78 is 5.77. The van der Waals surface area contributed by atoms with Crippen LogP contribution in [-0.4, -0.2) is 23.0 Å². The number of thioether (sulfide) groups is 1. The van der Waals surface area contributed by atoms with Crippen LogP contribution >= 0.6 is 11.8 Å². The molecule has 2 aromatic rings. The number of hydrogen-bond donors (Lipinski definition) is 0. The highest BCUT2D eigenvalue weighted by Crippen LogP contribution is 2.24. The highest BCUT2D eigenvalue weighted by atomic mass is 32.2. The molecule has 0 heterocycles. The van der Waals surface area contributed by atoms with E-state index in [0.717, 1.165) is 29.1 Å². The minimum absolute atomic E-state index is 0.104. The molecule has 0 aliphatic rings. The van der Waals surface area contributed by atoms with Gasteiger partial charge in [-0.3, -0.25) is 10.1 Å². The largest absolute Gasteiger partial charge is 0.493 e. The van der Waals surface area contributed by atoms with Crippen molar-refractivity contribution in [3.8, 4) is 16.9 Å². The maximum atomic E-state index is 10.7. The highest BCUT2D eigenvalue weighted by molar-refractivity contribution is 7.99. The topological polar surface area (TPSA) is 52.4 Å². The Morgan fingerprint density at radius 1 is 0.962 bits per heavy atom. The van der Waals surface area contributed by atoms with E-state index in [0.29, 0.717) is 6.61 Å². The lowest BCUT2D eigenvalue weighted by Gasteiger charge is -2.07. The Balaban J connectivity index is 1.69. The van der Waals surface area contributed by atoms with E-state index in [9.17, 15) is 10.1 Å². The van der Waals surface area contributed by atoms with Gasteiger partial charge in [-0.1, -0.05) is 24.6 Å². The fraction of sp³-hybridized carbons (Fsp3) is 0.333. The predicted octanol–water partition coefficient (Wildman–Crippen LogP) is 6.12. The van der Waals surface area contributed by atoms with Crippen molar-refractivity contribution < 1.29 is 9.66 Å². The number of nitrogens with zero attached hydrogens (tertiary/aromatic N) is 1. The molecule has 0 radical (unpaired) electrons. The van der Waals surface area contributed by atoms with Crippen LogP contribution in [0.15, 0.2) is 61.2 Å². The monoisotopic (exact) mass is 371 g/mol. The number of hydrogen-bond acceptors (Lipinski definition) is 4. The summed E-state index contributed by atoms with van der Waals surface area (Å²) in [4.78, 5) is 10.3. The number of unbranched alkanes of at least 4 members (excludes halogenated alkanes) is 3. The normalized spacial score (nSPS) is 10.5. The third kappa shape index (κ3) is 6.92. The second-order valence-electron chi connectivity index (χ2n) is 5.93. The van der Waals surface area contributed by atoms with Crippen LogP contribution in [0.2, 0.25) is 0 Å². The molecule has 4 nitrogen and oxygen atoms in total. The van der Waals surface area contributed by atoms with E-state index in [1.807, 2.05) is 42.1 Å². The first-order valence-electron chi connectivity index (χ1n) is 8.87. The van der Waals surface area contributed by atoms with Crippen LogP contribution in [0.25, 0.3) is 11.1 Å². The van der Waals surface area contributed by atoms with E-state index < -0.39 is 0 Å². The van der Waals surface area contributed by atoms with E-state index in [-0.39, 0.29) is 10.6 Å². The van der Waals surface area contributed by atoms with Crippen molar-refractivity contribution >= 4 is 17.4 Å². The lowest BCUT2D eigenvalue weighted by Crippen LogP contribution is -2.00. The summed E-state index contributed by atoms with van der Waals surface area (Å²) in [5, 5.41) is 10.7. The quantitative estimate of drug-likeness (QED) is 0.195. The fourth-order valence-corrected chi connectivity index (χ4v) is 3.32. The van der Waals surface area contributed by atoms with Crippen LogP contribution in [0.4, 0.5) is 5.69 Å². The van der Waals surface area contributed by atoms with Gasteiger partial charge < -0.3 is 4.74 Å². The molecule has 0 unspecified atom stereocenters. The van der Waals surface area contributed by atoms with Crippen molar-refractivity contribution in [1.82, 2.24) is 0 Å². The zero-order chi connectivity index (χ0) is 18.6. The second-order valence-corrected chi connectivity index (χ2v) is 7.15. The number of allylic oxidation sites excluding steroid dienone is 1. The molecule has 0 aromatic heterocycles. The van der Waals surface area contributed by atoms with Gasteiger partial charge in [-0.05, 0) is 60.4 Å². The van der Waals surface area contributed by atoms with Gasteiger partial charge in [-0.15, -0.1) is 6.58 Å². The first-order chi connectivity index (χ1) is 12.7. The molecule has 0 aliphatic carbocycles. The van der Waals surface area contributed by atoms with Crippen molar-refractivity contribution in [2.45, 2.75) is 25.7 Å². The van der Waals surface area contributed by atoms with Gasteiger partial charge >= 0.3 is 0 Å². The van der Waals surface area contributed by atoms with E-state index in [4.69, 9.17) is 4.74 Å². The summed E-state index contributed by atoms with van der Waals surface area (Å²) in [5.74, 6) is 3.02. The Kier molecular flexibility index (Phi) is 8.76. The van der Waals surface area contributed by atoms with Gasteiger partial charge in [0.15, 0.2) is 0 Å². The Bertz CT molecular complexity index is 683. The molecule has 0 amide bonds.